The fraction of sp³-hybridized carbons (Fsp3) is 0.296. The van der Waals surface area contributed by atoms with Crippen molar-refractivity contribution in [3.05, 3.63) is 83.4 Å². The summed E-state index contributed by atoms with van der Waals surface area (Å²) in [7, 11) is -1.07. The van der Waals surface area contributed by atoms with E-state index in [1.54, 1.807) is 30.3 Å². The first-order valence-electron chi connectivity index (χ1n) is 11.4. The van der Waals surface area contributed by atoms with Gasteiger partial charge in [0, 0.05) is 6.07 Å². The Morgan fingerprint density at radius 3 is 2.14 bits per heavy atom. The van der Waals surface area contributed by atoms with Crippen LogP contribution in [0.4, 0.5) is 5.69 Å². The van der Waals surface area contributed by atoms with Crippen molar-refractivity contribution < 1.29 is 22.7 Å². The van der Waals surface area contributed by atoms with Gasteiger partial charge >= 0.3 is 0 Å². The van der Waals surface area contributed by atoms with Crippen LogP contribution in [0.15, 0.2) is 71.6 Å². The van der Waals surface area contributed by atoms with E-state index < -0.39 is 22.5 Å². The van der Waals surface area contributed by atoms with Gasteiger partial charge in [0.05, 0.1) is 30.8 Å². The molecule has 1 N–H and O–H groups in total. The van der Waals surface area contributed by atoms with Crippen LogP contribution in [-0.4, -0.2) is 35.1 Å². The highest BCUT2D eigenvalue weighted by Gasteiger charge is 2.28. The van der Waals surface area contributed by atoms with Crippen LogP contribution < -0.4 is 19.1 Å². The summed E-state index contributed by atoms with van der Waals surface area (Å²) in [5.74, 6) is 0.388. The topological polar surface area (TPSA) is 84.9 Å². The molecule has 0 bridgehead atoms. The molecule has 3 aromatic rings. The Morgan fingerprint density at radius 1 is 0.943 bits per heavy atom. The summed E-state index contributed by atoms with van der Waals surface area (Å²) >= 11 is 0. The standard InChI is InChI=1S/C27H32N2O5S/c1-6-21-9-11-22(12-10-21)20(3)28-27(30)18-29(23-13-16-25(33-4)26(17-23)34-5)35(31,32)24-14-7-19(2)8-15-24/h7-17,20H,6,18H2,1-5H3,(H,28,30)/t20-/m0/s1. The number of rotatable bonds is 10. The average molecular weight is 497 g/mol. The Hall–Kier alpha value is -3.52. The average Bonchev–Trinajstić information content (AvgIpc) is 2.87. The van der Waals surface area contributed by atoms with Crippen molar-refractivity contribution in [3.8, 4) is 11.5 Å². The quantitative estimate of drug-likeness (QED) is 0.442. The van der Waals surface area contributed by atoms with Crippen LogP contribution in [0.5, 0.6) is 11.5 Å². The third-order valence-corrected chi connectivity index (χ3v) is 7.60. The van der Waals surface area contributed by atoms with Crippen LogP contribution in [0.25, 0.3) is 0 Å². The zero-order chi connectivity index (χ0) is 25.6. The number of methoxy groups -OCH3 is 2. The number of sulfonamides is 1. The monoisotopic (exact) mass is 496 g/mol. The Kier molecular flexibility index (Phi) is 8.40. The summed E-state index contributed by atoms with van der Waals surface area (Å²) in [4.78, 5) is 13.2. The SMILES string of the molecule is CCc1ccc([C@H](C)NC(=O)CN(c2ccc(OC)c(OC)c2)S(=O)(=O)c2ccc(C)cc2)cc1. The summed E-state index contributed by atoms with van der Waals surface area (Å²) in [6.45, 7) is 5.43. The number of nitrogens with zero attached hydrogens (tertiary/aromatic N) is 1. The molecule has 7 nitrogen and oxygen atoms in total. The molecule has 3 aromatic carbocycles. The molecule has 0 aliphatic carbocycles. The van der Waals surface area contributed by atoms with Crippen molar-refractivity contribution in [1.29, 1.82) is 0 Å². The van der Waals surface area contributed by atoms with E-state index in [1.165, 1.54) is 31.9 Å². The number of nitrogens with one attached hydrogen (secondary N) is 1. The van der Waals surface area contributed by atoms with E-state index in [-0.39, 0.29) is 10.9 Å². The van der Waals surface area contributed by atoms with Crippen molar-refractivity contribution in [2.45, 2.75) is 38.1 Å². The fourth-order valence-electron chi connectivity index (χ4n) is 3.68. The van der Waals surface area contributed by atoms with Gasteiger partial charge in [-0.25, -0.2) is 8.42 Å². The fourth-order valence-corrected chi connectivity index (χ4v) is 5.09. The van der Waals surface area contributed by atoms with E-state index in [1.807, 2.05) is 38.1 Å². The molecule has 186 valence electrons. The van der Waals surface area contributed by atoms with Crippen LogP contribution in [0.3, 0.4) is 0 Å². The van der Waals surface area contributed by atoms with Crippen LogP contribution in [0.2, 0.25) is 0 Å². The summed E-state index contributed by atoms with van der Waals surface area (Å²) < 4.78 is 39.0. The minimum Gasteiger partial charge on any atom is -0.493 e. The molecule has 0 aliphatic heterocycles. The van der Waals surface area contributed by atoms with Gasteiger partial charge in [0.25, 0.3) is 10.0 Å². The first-order valence-corrected chi connectivity index (χ1v) is 12.8. The lowest BCUT2D eigenvalue weighted by atomic mass is 10.1. The molecule has 3 rings (SSSR count). The van der Waals surface area contributed by atoms with Crippen LogP contribution in [0.1, 0.15) is 36.6 Å². The Bertz CT molecular complexity index is 1260. The number of anilines is 1. The minimum absolute atomic E-state index is 0.0916. The molecule has 0 spiro atoms. The highest BCUT2D eigenvalue weighted by molar-refractivity contribution is 7.92. The maximum Gasteiger partial charge on any atom is 0.264 e. The van der Waals surface area contributed by atoms with Gasteiger partial charge in [-0.05, 0) is 55.7 Å². The number of ether oxygens (including phenoxy) is 2. The second kappa shape index (κ2) is 11.3. The number of aryl methyl sites for hydroxylation is 2. The van der Waals surface area contributed by atoms with E-state index in [0.29, 0.717) is 17.2 Å². The molecule has 1 amide bonds. The molecule has 0 saturated carbocycles. The second-order valence-electron chi connectivity index (χ2n) is 8.25. The van der Waals surface area contributed by atoms with Gasteiger partial charge in [-0.3, -0.25) is 9.10 Å². The lowest BCUT2D eigenvalue weighted by Crippen LogP contribution is -2.41. The Labute approximate surface area is 207 Å². The highest BCUT2D eigenvalue weighted by Crippen LogP contribution is 2.33. The molecule has 0 aromatic heterocycles. The van der Waals surface area contributed by atoms with Gasteiger partial charge in [0.1, 0.15) is 6.54 Å². The number of benzene rings is 3. The lowest BCUT2D eigenvalue weighted by molar-refractivity contribution is -0.120. The molecule has 0 aliphatic rings. The van der Waals surface area contributed by atoms with Crippen molar-refractivity contribution in [3.63, 3.8) is 0 Å². The molecule has 0 saturated heterocycles. The van der Waals surface area contributed by atoms with E-state index in [4.69, 9.17) is 9.47 Å². The van der Waals surface area contributed by atoms with Gasteiger partial charge in [-0.15, -0.1) is 0 Å². The van der Waals surface area contributed by atoms with Crippen LogP contribution >= 0.6 is 0 Å². The minimum atomic E-state index is -4.04. The van der Waals surface area contributed by atoms with E-state index >= 15 is 0 Å². The predicted molar refractivity (Wildman–Crippen MR) is 138 cm³/mol. The maximum atomic E-state index is 13.6. The van der Waals surface area contributed by atoms with Gasteiger partial charge in [-0.1, -0.05) is 48.9 Å². The summed E-state index contributed by atoms with van der Waals surface area (Å²) in [5.41, 5.74) is 3.37. The number of amides is 1. The van der Waals surface area contributed by atoms with Crippen molar-refractivity contribution >= 4 is 21.6 Å². The number of carbonyl (C=O) groups excluding carboxylic acids is 1. The van der Waals surface area contributed by atoms with Gasteiger partial charge < -0.3 is 14.8 Å². The third-order valence-electron chi connectivity index (χ3n) is 5.82. The molecular formula is C27H32N2O5S. The zero-order valence-electron chi connectivity index (χ0n) is 20.7. The van der Waals surface area contributed by atoms with E-state index in [0.717, 1.165) is 21.9 Å². The van der Waals surface area contributed by atoms with Gasteiger partial charge in [0.2, 0.25) is 5.91 Å². The first kappa shape index (κ1) is 26.1. The molecule has 35 heavy (non-hydrogen) atoms. The van der Waals surface area contributed by atoms with Crippen LogP contribution in [0, 0.1) is 6.92 Å². The second-order valence-corrected chi connectivity index (χ2v) is 10.1. The van der Waals surface area contributed by atoms with E-state index in [9.17, 15) is 13.2 Å². The number of hydrogen-bond acceptors (Lipinski definition) is 5. The van der Waals surface area contributed by atoms with Gasteiger partial charge in [0.15, 0.2) is 11.5 Å². The van der Waals surface area contributed by atoms with Gasteiger partial charge in [-0.2, -0.15) is 0 Å². The maximum absolute atomic E-state index is 13.6. The summed E-state index contributed by atoms with van der Waals surface area (Å²) in [6, 6.07) is 19.0. The Balaban J connectivity index is 1.93. The normalized spacial score (nSPS) is 12.0. The van der Waals surface area contributed by atoms with E-state index in [2.05, 4.69) is 12.2 Å². The molecule has 0 fully saturated rings. The Morgan fingerprint density at radius 2 is 1.57 bits per heavy atom. The molecule has 0 heterocycles. The largest absolute Gasteiger partial charge is 0.493 e. The molecule has 8 heteroatoms. The lowest BCUT2D eigenvalue weighted by Gasteiger charge is -2.26. The van der Waals surface area contributed by atoms with Crippen molar-refractivity contribution in [1.82, 2.24) is 5.32 Å². The first-order chi connectivity index (χ1) is 16.7. The van der Waals surface area contributed by atoms with Crippen LogP contribution in [-0.2, 0) is 21.2 Å². The van der Waals surface area contributed by atoms with Crippen molar-refractivity contribution in [2.75, 3.05) is 25.1 Å². The number of hydrogen-bond donors (Lipinski definition) is 1. The highest BCUT2D eigenvalue weighted by atomic mass is 32.2. The van der Waals surface area contributed by atoms with Crippen molar-refractivity contribution in [2.24, 2.45) is 0 Å². The smallest absolute Gasteiger partial charge is 0.264 e. The number of carbonyl (C=O) groups is 1. The summed E-state index contributed by atoms with van der Waals surface area (Å²) in [5, 5.41) is 2.92. The molecular weight excluding hydrogens is 464 g/mol. The molecule has 0 radical (unpaired) electrons. The molecule has 0 unspecified atom stereocenters. The molecule has 1 atom stereocenters. The predicted octanol–water partition coefficient (Wildman–Crippen LogP) is 4.65. The third kappa shape index (κ3) is 6.14. The zero-order valence-corrected chi connectivity index (χ0v) is 21.6. The summed E-state index contributed by atoms with van der Waals surface area (Å²) in [6.07, 6.45) is 0.929.